The van der Waals surface area contributed by atoms with Crippen LogP contribution >= 0.6 is 0 Å². The van der Waals surface area contributed by atoms with Gasteiger partial charge >= 0.3 is 0 Å². The Labute approximate surface area is 296 Å². The summed E-state index contributed by atoms with van der Waals surface area (Å²) >= 11 is 0. The van der Waals surface area contributed by atoms with E-state index in [0.717, 1.165) is 40.1 Å². The number of sulfonamides is 1. The molecule has 1 N–H and O–H groups in total. The first-order valence-corrected chi connectivity index (χ1v) is 18.4. The molecule has 1 amide bonds. The van der Waals surface area contributed by atoms with Gasteiger partial charge in [-0.1, -0.05) is 24.3 Å². The normalized spacial score (nSPS) is 19.3. The van der Waals surface area contributed by atoms with E-state index in [1.165, 1.54) is 23.5 Å². The minimum atomic E-state index is -3.93. The minimum absolute atomic E-state index is 0.0289. The summed E-state index contributed by atoms with van der Waals surface area (Å²) in [5.41, 5.74) is 2.76. The Kier molecular flexibility index (Phi) is 10.5. The first kappa shape index (κ1) is 34.8. The highest BCUT2D eigenvalue weighted by Crippen LogP contribution is 2.37. The fourth-order valence-electron chi connectivity index (χ4n) is 6.62. The van der Waals surface area contributed by atoms with Crippen molar-refractivity contribution in [1.29, 1.82) is 0 Å². The van der Waals surface area contributed by atoms with Gasteiger partial charge in [-0.05, 0) is 54.1 Å². The number of hydrogen-bond donors (Lipinski definition) is 1. The lowest BCUT2D eigenvalue weighted by atomic mass is 9.92. The molecule has 0 spiro atoms. The van der Waals surface area contributed by atoms with E-state index in [0.29, 0.717) is 38.3 Å². The van der Waals surface area contributed by atoms with Crippen LogP contribution in [0.4, 0.5) is 0 Å². The summed E-state index contributed by atoms with van der Waals surface area (Å²) in [6.45, 7) is 2.83. The van der Waals surface area contributed by atoms with Crippen LogP contribution < -0.4 is 14.2 Å². The summed E-state index contributed by atoms with van der Waals surface area (Å²) in [5.74, 6) is 1.73. The molecule has 0 aliphatic carbocycles. The standard InChI is InChI=1S/C37H41N3O10S/c1-45-28-7-9-29(10-8-28)51(43,44)40(16-18-41)17-19-46-36-22-27(31-24-47-32-5-3-2-4-30(31)32)21-35(50-36)37(42)39-14-12-38(13-15-39)23-26-6-11-33-34(20-26)49-25-48-33/h2-11,20-21,24,27,36,41H,12-19,22-23,25H2,1H3. The minimum Gasteiger partial charge on any atom is -0.497 e. The zero-order valence-corrected chi connectivity index (χ0v) is 29.1. The molecule has 3 aliphatic rings. The number of methoxy groups -OCH3 is 1. The van der Waals surface area contributed by atoms with Crippen molar-refractivity contribution >= 4 is 26.9 Å². The Morgan fingerprint density at radius 1 is 0.980 bits per heavy atom. The Balaban J connectivity index is 1.03. The summed E-state index contributed by atoms with van der Waals surface area (Å²) in [4.78, 5) is 18.1. The molecule has 0 saturated carbocycles. The number of furan rings is 1. The van der Waals surface area contributed by atoms with Crippen LogP contribution in [0, 0.1) is 0 Å². The number of carbonyl (C=O) groups is 1. The molecule has 3 aromatic carbocycles. The van der Waals surface area contributed by atoms with Crippen LogP contribution in [0.2, 0.25) is 0 Å². The van der Waals surface area contributed by atoms with E-state index in [9.17, 15) is 18.3 Å². The number of benzene rings is 3. The van der Waals surface area contributed by atoms with Gasteiger partial charge in [-0.3, -0.25) is 9.69 Å². The third-order valence-corrected chi connectivity index (χ3v) is 11.3. The van der Waals surface area contributed by atoms with E-state index in [1.807, 2.05) is 48.5 Å². The van der Waals surface area contributed by atoms with Gasteiger partial charge < -0.3 is 38.1 Å². The molecule has 270 valence electrons. The number of para-hydroxylation sites is 1. The molecular formula is C37H41N3O10S. The first-order chi connectivity index (χ1) is 24.8. The molecule has 13 nitrogen and oxygen atoms in total. The number of nitrogens with zero attached hydrogens (tertiary/aromatic N) is 3. The van der Waals surface area contributed by atoms with Gasteiger partial charge in [0.15, 0.2) is 17.3 Å². The third kappa shape index (κ3) is 7.70. The molecule has 1 saturated heterocycles. The van der Waals surface area contributed by atoms with Gasteiger partial charge in [0.1, 0.15) is 11.3 Å². The molecular weight excluding hydrogens is 678 g/mol. The fourth-order valence-corrected chi connectivity index (χ4v) is 8.04. The van der Waals surface area contributed by atoms with Gasteiger partial charge in [-0.15, -0.1) is 0 Å². The molecule has 51 heavy (non-hydrogen) atoms. The molecule has 2 unspecified atom stereocenters. The predicted octanol–water partition coefficient (Wildman–Crippen LogP) is 3.93. The van der Waals surface area contributed by atoms with Crippen molar-refractivity contribution in [2.75, 3.05) is 66.4 Å². The first-order valence-electron chi connectivity index (χ1n) is 16.9. The lowest BCUT2D eigenvalue weighted by molar-refractivity contribution is -0.154. The van der Waals surface area contributed by atoms with Gasteiger partial charge in [0, 0.05) is 69.1 Å². The topological polar surface area (TPSA) is 140 Å². The quantitative estimate of drug-likeness (QED) is 0.215. The largest absolute Gasteiger partial charge is 0.497 e. The Morgan fingerprint density at radius 2 is 1.76 bits per heavy atom. The Morgan fingerprint density at radius 3 is 2.55 bits per heavy atom. The summed E-state index contributed by atoms with van der Waals surface area (Å²) in [6.07, 6.45) is 3.09. The van der Waals surface area contributed by atoms with Crippen molar-refractivity contribution in [2.45, 2.75) is 30.1 Å². The molecule has 1 aromatic heterocycles. The van der Waals surface area contributed by atoms with Crippen LogP contribution in [-0.2, 0) is 30.8 Å². The van der Waals surface area contributed by atoms with Gasteiger partial charge in [0.25, 0.3) is 5.91 Å². The smallest absolute Gasteiger partial charge is 0.288 e. The lowest BCUT2D eigenvalue weighted by Gasteiger charge is -2.36. The van der Waals surface area contributed by atoms with Crippen LogP contribution in [0.5, 0.6) is 17.2 Å². The lowest BCUT2D eigenvalue weighted by Crippen LogP contribution is -2.49. The maximum absolute atomic E-state index is 14.0. The molecule has 1 fully saturated rings. The number of hydrogen-bond acceptors (Lipinski definition) is 11. The highest BCUT2D eigenvalue weighted by Gasteiger charge is 2.34. The van der Waals surface area contributed by atoms with E-state index >= 15 is 0 Å². The second kappa shape index (κ2) is 15.3. The van der Waals surface area contributed by atoms with Gasteiger partial charge in [-0.2, -0.15) is 4.31 Å². The van der Waals surface area contributed by atoms with E-state index < -0.39 is 16.3 Å². The molecule has 7 rings (SSSR count). The number of piperazine rings is 1. The Hall–Kier alpha value is -4.60. The zero-order chi connectivity index (χ0) is 35.4. The number of ether oxygens (including phenoxy) is 5. The molecule has 4 aromatic rings. The third-order valence-electron chi connectivity index (χ3n) is 9.37. The van der Waals surface area contributed by atoms with E-state index in [2.05, 4.69) is 4.90 Å². The molecule has 2 atom stereocenters. The summed E-state index contributed by atoms with van der Waals surface area (Å²) in [7, 11) is -2.43. The maximum Gasteiger partial charge on any atom is 0.288 e. The number of amides is 1. The highest BCUT2D eigenvalue weighted by atomic mass is 32.2. The van der Waals surface area contributed by atoms with E-state index in [1.54, 1.807) is 23.3 Å². The van der Waals surface area contributed by atoms with Crippen LogP contribution in [0.25, 0.3) is 11.0 Å². The maximum atomic E-state index is 14.0. The van der Waals surface area contributed by atoms with Crippen molar-refractivity contribution < 1.29 is 46.4 Å². The van der Waals surface area contributed by atoms with Crippen molar-refractivity contribution in [3.05, 3.63) is 96.0 Å². The second-order valence-electron chi connectivity index (χ2n) is 12.5. The summed E-state index contributed by atoms with van der Waals surface area (Å²) in [6, 6.07) is 19.7. The summed E-state index contributed by atoms with van der Waals surface area (Å²) in [5, 5.41) is 10.6. The second-order valence-corrected chi connectivity index (χ2v) is 14.5. The van der Waals surface area contributed by atoms with Crippen molar-refractivity contribution in [2.24, 2.45) is 0 Å². The predicted molar refractivity (Wildman–Crippen MR) is 186 cm³/mol. The monoisotopic (exact) mass is 719 g/mol. The fraction of sp³-hybridized carbons (Fsp3) is 0.378. The van der Waals surface area contributed by atoms with Crippen LogP contribution in [0.1, 0.15) is 23.5 Å². The SMILES string of the molecule is COc1ccc(S(=O)(=O)N(CCO)CCOC2CC(c3coc4ccccc34)C=C(C(=O)N3CCN(Cc4ccc5c(c4)OCO5)CC3)O2)cc1. The van der Waals surface area contributed by atoms with E-state index in [-0.39, 0.29) is 55.6 Å². The number of fused-ring (bicyclic) bond motifs is 2. The number of carbonyl (C=O) groups excluding carboxylic acids is 1. The number of allylic oxidation sites excluding steroid dienone is 1. The van der Waals surface area contributed by atoms with Crippen molar-refractivity contribution in [3.8, 4) is 17.2 Å². The van der Waals surface area contributed by atoms with Crippen LogP contribution in [0.3, 0.4) is 0 Å². The van der Waals surface area contributed by atoms with Crippen LogP contribution in [0.15, 0.2) is 94.1 Å². The van der Waals surface area contributed by atoms with Gasteiger partial charge in [0.2, 0.25) is 23.1 Å². The zero-order valence-electron chi connectivity index (χ0n) is 28.3. The number of rotatable bonds is 13. The highest BCUT2D eigenvalue weighted by molar-refractivity contribution is 7.89. The molecule has 4 heterocycles. The van der Waals surface area contributed by atoms with Crippen molar-refractivity contribution in [1.82, 2.24) is 14.1 Å². The van der Waals surface area contributed by atoms with Crippen molar-refractivity contribution in [3.63, 3.8) is 0 Å². The molecule has 0 bridgehead atoms. The average Bonchev–Trinajstić information content (AvgIpc) is 3.82. The number of aliphatic hydroxyl groups is 1. The summed E-state index contributed by atoms with van der Waals surface area (Å²) < 4.78 is 62.3. The molecule has 0 radical (unpaired) electrons. The van der Waals surface area contributed by atoms with Crippen LogP contribution in [-0.4, -0.2) is 106 Å². The van der Waals surface area contributed by atoms with Gasteiger partial charge in [0.05, 0.1) is 31.5 Å². The number of aliphatic hydroxyl groups excluding tert-OH is 1. The molecule has 3 aliphatic heterocycles. The average molecular weight is 720 g/mol. The Bertz CT molecular complexity index is 1970. The van der Waals surface area contributed by atoms with E-state index in [4.69, 9.17) is 28.1 Å². The van der Waals surface area contributed by atoms with Gasteiger partial charge in [-0.25, -0.2) is 8.42 Å². The molecule has 14 heteroatoms.